The van der Waals surface area contributed by atoms with Crippen molar-refractivity contribution in [1.82, 2.24) is 20.0 Å². The van der Waals surface area contributed by atoms with Crippen molar-refractivity contribution in [2.45, 2.75) is 24.9 Å². The summed E-state index contributed by atoms with van der Waals surface area (Å²) in [6.07, 6.45) is -3.50. The van der Waals surface area contributed by atoms with Crippen molar-refractivity contribution in [3.8, 4) is 0 Å². The van der Waals surface area contributed by atoms with Gasteiger partial charge in [0.2, 0.25) is 5.89 Å². The van der Waals surface area contributed by atoms with Crippen LogP contribution in [0.2, 0.25) is 0 Å². The Morgan fingerprint density at radius 1 is 1.00 bits per heavy atom. The van der Waals surface area contributed by atoms with E-state index in [0.717, 1.165) is 0 Å². The van der Waals surface area contributed by atoms with Crippen LogP contribution in [0.4, 0.5) is 13.2 Å². The molecule has 1 fully saturated rings. The second-order valence-corrected chi connectivity index (χ2v) is 6.87. The predicted molar refractivity (Wildman–Crippen MR) is 89.5 cm³/mol. The number of nitrogens with zero attached hydrogens (tertiary/aromatic N) is 4. The average Bonchev–Trinajstić information content (AvgIpc) is 3.26. The summed E-state index contributed by atoms with van der Waals surface area (Å²) in [6.45, 7) is 2.00. The highest BCUT2D eigenvalue weighted by molar-refractivity contribution is 6.21. The normalized spacial score (nSPS) is 18.8. The summed E-state index contributed by atoms with van der Waals surface area (Å²) in [4.78, 5) is 28.0. The van der Waals surface area contributed by atoms with E-state index in [1.807, 2.05) is 0 Å². The lowest BCUT2D eigenvalue weighted by atomic mass is 9.97. The minimum Gasteiger partial charge on any atom is -0.417 e. The number of likely N-dealkylation sites (tertiary alicyclic amines) is 1. The molecule has 0 saturated carbocycles. The summed E-state index contributed by atoms with van der Waals surface area (Å²) in [7, 11) is 0. The van der Waals surface area contributed by atoms with Gasteiger partial charge in [0.15, 0.2) is 0 Å². The van der Waals surface area contributed by atoms with Crippen LogP contribution >= 0.6 is 0 Å². The van der Waals surface area contributed by atoms with Gasteiger partial charge in [-0.25, -0.2) is 0 Å². The number of rotatable bonds is 4. The topological polar surface area (TPSA) is 79.5 Å². The van der Waals surface area contributed by atoms with E-state index in [-0.39, 0.29) is 30.2 Å². The number of fused-ring (bicyclic) bond motifs is 1. The molecule has 1 aromatic carbocycles. The Hall–Kier alpha value is -2.75. The van der Waals surface area contributed by atoms with Gasteiger partial charge >= 0.3 is 12.1 Å². The summed E-state index contributed by atoms with van der Waals surface area (Å²) in [5.74, 6) is -2.12. The lowest BCUT2D eigenvalue weighted by Crippen LogP contribution is -2.41. The minimum atomic E-state index is -4.64. The van der Waals surface area contributed by atoms with E-state index in [9.17, 15) is 22.8 Å². The third kappa shape index (κ3) is 3.39. The largest absolute Gasteiger partial charge is 0.470 e. The van der Waals surface area contributed by atoms with Gasteiger partial charge in [-0.05, 0) is 38.1 Å². The average molecular weight is 394 g/mol. The molecule has 0 spiro atoms. The van der Waals surface area contributed by atoms with E-state index in [2.05, 4.69) is 15.1 Å². The van der Waals surface area contributed by atoms with Crippen molar-refractivity contribution in [2.75, 3.05) is 26.2 Å². The molecule has 3 heterocycles. The van der Waals surface area contributed by atoms with E-state index in [0.29, 0.717) is 43.6 Å². The molecule has 2 aliphatic heterocycles. The fourth-order valence-electron chi connectivity index (χ4n) is 3.60. The summed E-state index contributed by atoms with van der Waals surface area (Å²) in [5.41, 5.74) is 0.839. The van der Waals surface area contributed by atoms with Crippen LogP contribution in [0.5, 0.6) is 0 Å². The van der Waals surface area contributed by atoms with Crippen molar-refractivity contribution >= 4 is 11.8 Å². The third-order valence-corrected chi connectivity index (χ3v) is 5.14. The fraction of sp³-hybridized carbons (Fsp3) is 0.444. The number of alkyl halides is 3. The van der Waals surface area contributed by atoms with E-state index >= 15 is 0 Å². The Balaban J connectivity index is 1.30. The van der Waals surface area contributed by atoms with E-state index in [1.165, 1.54) is 4.90 Å². The number of imide groups is 1. The second kappa shape index (κ2) is 7.01. The number of aromatic nitrogens is 2. The van der Waals surface area contributed by atoms with Gasteiger partial charge in [-0.2, -0.15) is 13.2 Å². The van der Waals surface area contributed by atoms with Gasteiger partial charge in [-0.15, -0.1) is 10.2 Å². The van der Waals surface area contributed by atoms with Crippen LogP contribution in [-0.4, -0.2) is 58.0 Å². The number of carbonyl (C=O) groups excluding carboxylic acids is 2. The first-order valence-electron chi connectivity index (χ1n) is 8.93. The Labute approximate surface area is 158 Å². The first kappa shape index (κ1) is 18.6. The van der Waals surface area contributed by atoms with Crippen LogP contribution in [-0.2, 0) is 6.18 Å². The van der Waals surface area contributed by atoms with E-state index < -0.39 is 12.1 Å². The number of hydrogen-bond donors (Lipinski definition) is 0. The Kier molecular flexibility index (Phi) is 4.66. The lowest BCUT2D eigenvalue weighted by molar-refractivity contribution is -0.157. The number of piperidine rings is 1. The molecule has 1 aromatic heterocycles. The Morgan fingerprint density at radius 2 is 1.61 bits per heavy atom. The zero-order valence-corrected chi connectivity index (χ0v) is 14.8. The van der Waals surface area contributed by atoms with Gasteiger partial charge in [0.1, 0.15) is 0 Å². The van der Waals surface area contributed by atoms with Gasteiger partial charge in [0, 0.05) is 19.0 Å². The molecule has 28 heavy (non-hydrogen) atoms. The smallest absolute Gasteiger partial charge is 0.417 e. The molecule has 0 N–H and O–H groups in total. The molecule has 0 unspecified atom stereocenters. The SMILES string of the molecule is O=C1c2ccccc2C(=O)N1CCN1CCC(c2nnc(C(F)(F)F)o2)CC1. The number of halogens is 3. The predicted octanol–water partition coefficient (Wildman–Crippen LogP) is 2.56. The zero-order chi connectivity index (χ0) is 19.9. The summed E-state index contributed by atoms with van der Waals surface area (Å²) in [6, 6.07) is 6.72. The van der Waals surface area contributed by atoms with Crippen molar-refractivity contribution in [3.63, 3.8) is 0 Å². The molecule has 0 bridgehead atoms. The molecular formula is C18H17F3N4O3. The molecule has 0 radical (unpaired) electrons. The van der Waals surface area contributed by atoms with Gasteiger partial charge in [0.25, 0.3) is 11.8 Å². The van der Waals surface area contributed by atoms with Gasteiger partial charge in [-0.1, -0.05) is 12.1 Å². The van der Waals surface area contributed by atoms with Crippen LogP contribution in [0.25, 0.3) is 0 Å². The van der Waals surface area contributed by atoms with Crippen LogP contribution in [0, 0.1) is 0 Å². The molecule has 1 saturated heterocycles. The summed E-state index contributed by atoms with van der Waals surface area (Å²) >= 11 is 0. The Bertz CT molecular complexity index is 868. The molecule has 2 amide bonds. The molecule has 2 aliphatic rings. The van der Waals surface area contributed by atoms with Crippen molar-refractivity contribution < 1.29 is 27.2 Å². The van der Waals surface area contributed by atoms with Crippen molar-refractivity contribution in [1.29, 1.82) is 0 Å². The maximum atomic E-state index is 12.6. The zero-order valence-electron chi connectivity index (χ0n) is 14.8. The highest BCUT2D eigenvalue weighted by Gasteiger charge is 2.39. The van der Waals surface area contributed by atoms with E-state index in [4.69, 9.17) is 4.42 Å². The Morgan fingerprint density at radius 3 is 2.14 bits per heavy atom. The summed E-state index contributed by atoms with van der Waals surface area (Å²) in [5, 5.41) is 6.60. The first-order chi connectivity index (χ1) is 13.3. The number of benzene rings is 1. The molecular weight excluding hydrogens is 377 g/mol. The van der Waals surface area contributed by atoms with Gasteiger partial charge in [-0.3, -0.25) is 14.5 Å². The molecule has 4 rings (SSSR count). The number of carbonyl (C=O) groups is 2. The van der Waals surface area contributed by atoms with Crippen LogP contribution in [0.3, 0.4) is 0 Å². The van der Waals surface area contributed by atoms with E-state index in [1.54, 1.807) is 24.3 Å². The number of amides is 2. The second-order valence-electron chi connectivity index (χ2n) is 6.87. The third-order valence-electron chi connectivity index (χ3n) is 5.14. The maximum absolute atomic E-state index is 12.6. The van der Waals surface area contributed by atoms with Crippen molar-refractivity contribution in [3.05, 3.63) is 47.2 Å². The van der Waals surface area contributed by atoms with Crippen LogP contribution in [0.15, 0.2) is 28.7 Å². The molecule has 10 heteroatoms. The molecule has 0 aliphatic carbocycles. The lowest BCUT2D eigenvalue weighted by Gasteiger charge is -2.31. The molecule has 7 nitrogen and oxygen atoms in total. The fourth-order valence-corrected chi connectivity index (χ4v) is 3.60. The van der Waals surface area contributed by atoms with Gasteiger partial charge < -0.3 is 9.32 Å². The summed E-state index contributed by atoms with van der Waals surface area (Å²) < 4.78 is 42.5. The van der Waals surface area contributed by atoms with Crippen LogP contribution in [0.1, 0.15) is 51.3 Å². The van der Waals surface area contributed by atoms with Crippen molar-refractivity contribution in [2.24, 2.45) is 0 Å². The highest BCUT2D eigenvalue weighted by Crippen LogP contribution is 2.32. The minimum absolute atomic E-state index is 0.00678. The quantitative estimate of drug-likeness (QED) is 0.742. The monoisotopic (exact) mass is 394 g/mol. The van der Waals surface area contributed by atoms with Crippen LogP contribution < -0.4 is 0 Å². The highest BCUT2D eigenvalue weighted by atomic mass is 19.4. The molecule has 0 atom stereocenters. The molecule has 2 aromatic rings. The standard InChI is InChI=1S/C18H17F3N4O3/c19-18(20,21)17-23-22-14(28-17)11-5-7-24(8-6-11)9-10-25-15(26)12-3-1-2-4-13(12)16(25)27/h1-4,11H,5-10H2. The molecule has 148 valence electrons. The first-order valence-corrected chi connectivity index (χ1v) is 8.93. The number of hydrogen-bond acceptors (Lipinski definition) is 6. The van der Waals surface area contributed by atoms with Gasteiger partial charge in [0.05, 0.1) is 11.1 Å². The maximum Gasteiger partial charge on any atom is 0.470 e.